The number of hydrogen-bond acceptors (Lipinski definition) is 4. The number of morpholine rings is 1. The van der Waals surface area contributed by atoms with E-state index in [1.165, 1.54) is 0 Å². The number of nitrogens with one attached hydrogen (secondary N) is 1. The highest BCUT2D eigenvalue weighted by molar-refractivity contribution is 5.85. The fourth-order valence-corrected chi connectivity index (χ4v) is 2.53. The van der Waals surface area contributed by atoms with Gasteiger partial charge in [0.2, 0.25) is 0 Å². The van der Waals surface area contributed by atoms with Crippen LogP contribution in [0.25, 0.3) is 0 Å². The van der Waals surface area contributed by atoms with Crippen LogP contribution in [0.2, 0.25) is 0 Å². The molecule has 2 rings (SSSR count). The summed E-state index contributed by atoms with van der Waals surface area (Å²) in [5, 5.41) is 2.71. The van der Waals surface area contributed by atoms with Crippen LogP contribution in [0.5, 0.6) is 0 Å². The minimum absolute atomic E-state index is 0. The first-order chi connectivity index (χ1) is 9.11. The molecule has 0 atom stereocenters. The van der Waals surface area contributed by atoms with Crippen molar-refractivity contribution in [2.45, 2.75) is 50.9 Å². The molecule has 0 aliphatic carbocycles. The Balaban J connectivity index is 0.00000220. The number of carbonyl (C=O) groups is 1. The molecule has 0 aromatic rings. The smallest absolute Gasteiger partial charge is 0.410 e. The van der Waals surface area contributed by atoms with E-state index >= 15 is 0 Å². The Morgan fingerprint density at radius 2 is 1.81 bits per heavy atom. The number of amides is 1. The molecule has 0 aromatic carbocycles. The summed E-state index contributed by atoms with van der Waals surface area (Å²) >= 11 is 0. The van der Waals surface area contributed by atoms with Crippen molar-refractivity contribution in [3.8, 4) is 0 Å². The maximum Gasteiger partial charge on any atom is 0.410 e. The SMILES string of the molecule is CC(C)(C)OC(=O)N1CCC2(CC1)CNCC(F)(F)O2.Cl. The lowest BCUT2D eigenvalue weighted by atomic mass is 9.90. The molecular formula is C13H23ClF2N2O3. The third kappa shape index (κ3) is 4.93. The maximum atomic E-state index is 13.3. The number of ether oxygens (including phenoxy) is 2. The molecule has 2 heterocycles. The zero-order valence-electron chi connectivity index (χ0n) is 12.6. The molecule has 0 saturated carbocycles. The normalized spacial score (nSPS) is 24.3. The van der Waals surface area contributed by atoms with Crippen molar-refractivity contribution in [3.05, 3.63) is 0 Å². The van der Waals surface area contributed by atoms with Crippen LogP contribution in [0.4, 0.5) is 13.6 Å². The second-order valence-electron chi connectivity index (χ2n) is 6.49. The van der Waals surface area contributed by atoms with Gasteiger partial charge in [0.05, 0.1) is 12.1 Å². The molecular weight excluding hydrogens is 306 g/mol. The number of alkyl halides is 2. The molecule has 0 unspecified atom stereocenters. The average Bonchev–Trinajstić information content (AvgIpc) is 2.25. The molecule has 2 saturated heterocycles. The second-order valence-corrected chi connectivity index (χ2v) is 6.49. The lowest BCUT2D eigenvalue weighted by Gasteiger charge is -2.46. The van der Waals surface area contributed by atoms with Gasteiger partial charge >= 0.3 is 12.2 Å². The zero-order chi connectivity index (χ0) is 15.0. The molecule has 8 heteroatoms. The lowest BCUT2D eigenvalue weighted by Crippen LogP contribution is -2.61. The van der Waals surface area contributed by atoms with Crippen LogP contribution in [0.1, 0.15) is 33.6 Å². The van der Waals surface area contributed by atoms with E-state index in [1.54, 1.807) is 25.7 Å². The Morgan fingerprint density at radius 3 is 2.29 bits per heavy atom. The molecule has 0 bridgehead atoms. The number of rotatable bonds is 0. The summed E-state index contributed by atoms with van der Waals surface area (Å²) in [6.45, 7) is 6.07. The predicted molar refractivity (Wildman–Crippen MR) is 75.9 cm³/mol. The van der Waals surface area contributed by atoms with E-state index in [0.29, 0.717) is 32.5 Å². The summed E-state index contributed by atoms with van der Waals surface area (Å²) in [4.78, 5) is 13.5. The summed E-state index contributed by atoms with van der Waals surface area (Å²) < 4.78 is 36.9. The second kappa shape index (κ2) is 6.22. The van der Waals surface area contributed by atoms with Crippen LogP contribution < -0.4 is 5.32 Å². The highest BCUT2D eigenvalue weighted by atomic mass is 35.5. The van der Waals surface area contributed by atoms with Crippen molar-refractivity contribution in [1.82, 2.24) is 10.2 Å². The van der Waals surface area contributed by atoms with Gasteiger partial charge in [0.15, 0.2) is 0 Å². The third-order valence-corrected chi connectivity index (χ3v) is 3.47. The molecule has 124 valence electrons. The van der Waals surface area contributed by atoms with Gasteiger partial charge in [-0.3, -0.25) is 0 Å². The van der Waals surface area contributed by atoms with Crippen LogP contribution in [0.15, 0.2) is 0 Å². The molecule has 21 heavy (non-hydrogen) atoms. The first-order valence-corrected chi connectivity index (χ1v) is 6.88. The van der Waals surface area contributed by atoms with Crippen LogP contribution in [0, 0.1) is 0 Å². The molecule has 2 fully saturated rings. The fraction of sp³-hybridized carbons (Fsp3) is 0.923. The minimum atomic E-state index is -3.13. The first kappa shape index (κ1) is 18.4. The van der Waals surface area contributed by atoms with E-state index < -0.39 is 29.9 Å². The molecule has 2 aliphatic heterocycles. The fourth-order valence-electron chi connectivity index (χ4n) is 2.53. The standard InChI is InChI=1S/C13H22F2N2O3.ClH/c1-11(2,3)19-10(18)17-6-4-12(5-7-17)8-16-9-13(14,15)20-12;/h16H,4-9H2,1-3H3;1H. The van der Waals surface area contributed by atoms with Gasteiger partial charge in [0, 0.05) is 19.6 Å². The average molecular weight is 329 g/mol. The lowest BCUT2D eigenvalue weighted by molar-refractivity contribution is -0.315. The van der Waals surface area contributed by atoms with Crippen molar-refractivity contribution < 1.29 is 23.0 Å². The highest BCUT2D eigenvalue weighted by Crippen LogP contribution is 2.35. The van der Waals surface area contributed by atoms with E-state index in [0.717, 1.165) is 0 Å². The minimum Gasteiger partial charge on any atom is -0.444 e. The Kier molecular flexibility index (Phi) is 5.45. The van der Waals surface area contributed by atoms with Crippen molar-refractivity contribution in [2.24, 2.45) is 0 Å². The molecule has 0 aromatic heterocycles. The maximum absolute atomic E-state index is 13.3. The Hall–Kier alpha value is -0.660. The first-order valence-electron chi connectivity index (χ1n) is 6.88. The van der Waals surface area contributed by atoms with Gasteiger partial charge in [-0.2, -0.15) is 8.78 Å². The van der Waals surface area contributed by atoms with E-state index in [2.05, 4.69) is 5.32 Å². The largest absolute Gasteiger partial charge is 0.444 e. The van der Waals surface area contributed by atoms with Crippen molar-refractivity contribution in [3.63, 3.8) is 0 Å². The number of carbonyl (C=O) groups excluding carboxylic acids is 1. The van der Waals surface area contributed by atoms with Gasteiger partial charge < -0.3 is 19.7 Å². The van der Waals surface area contributed by atoms with Crippen LogP contribution in [-0.4, -0.2) is 54.5 Å². The van der Waals surface area contributed by atoms with Crippen molar-refractivity contribution in [1.29, 1.82) is 0 Å². The summed E-state index contributed by atoms with van der Waals surface area (Å²) in [6.07, 6.45) is -2.77. The van der Waals surface area contributed by atoms with E-state index in [9.17, 15) is 13.6 Å². The van der Waals surface area contributed by atoms with Gasteiger partial charge in [-0.25, -0.2) is 4.79 Å². The highest BCUT2D eigenvalue weighted by Gasteiger charge is 2.48. The van der Waals surface area contributed by atoms with Crippen LogP contribution in [-0.2, 0) is 9.47 Å². The monoisotopic (exact) mass is 328 g/mol. The molecule has 5 nitrogen and oxygen atoms in total. The number of halogens is 3. The molecule has 0 radical (unpaired) electrons. The van der Waals surface area contributed by atoms with Gasteiger partial charge in [0.1, 0.15) is 5.60 Å². The summed E-state index contributed by atoms with van der Waals surface area (Å²) in [7, 11) is 0. The molecule has 1 spiro atoms. The van der Waals surface area contributed by atoms with Crippen molar-refractivity contribution in [2.75, 3.05) is 26.2 Å². The van der Waals surface area contributed by atoms with Crippen molar-refractivity contribution >= 4 is 18.5 Å². The summed E-state index contributed by atoms with van der Waals surface area (Å²) in [6, 6.07) is 0. The van der Waals surface area contributed by atoms with Crippen LogP contribution in [0.3, 0.4) is 0 Å². The van der Waals surface area contributed by atoms with Gasteiger partial charge in [-0.05, 0) is 33.6 Å². The predicted octanol–water partition coefficient (Wildman–Crippen LogP) is 2.39. The Morgan fingerprint density at radius 1 is 1.24 bits per heavy atom. The third-order valence-electron chi connectivity index (χ3n) is 3.47. The van der Waals surface area contributed by atoms with E-state index in [-0.39, 0.29) is 12.4 Å². The number of nitrogens with zero attached hydrogens (tertiary/aromatic N) is 1. The Bertz CT molecular complexity index is 380. The number of hydrogen-bond donors (Lipinski definition) is 1. The van der Waals surface area contributed by atoms with Gasteiger partial charge in [-0.15, -0.1) is 12.4 Å². The van der Waals surface area contributed by atoms with E-state index in [4.69, 9.17) is 9.47 Å². The van der Waals surface area contributed by atoms with E-state index in [1.807, 2.05) is 0 Å². The molecule has 1 N–H and O–H groups in total. The summed E-state index contributed by atoms with van der Waals surface area (Å²) in [5.41, 5.74) is -1.43. The quantitative estimate of drug-likeness (QED) is 0.742. The van der Waals surface area contributed by atoms with Gasteiger partial charge in [-0.1, -0.05) is 0 Å². The number of likely N-dealkylation sites (tertiary alicyclic amines) is 1. The zero-order valence-corrected chi connectivity index (χ0v) is 13.4. The van der Waals surface area contributed by atoms with Gasteiger partial charge in [0.25, 0.3) is 0 Å². The Labute approximate surface area is 129 Å². The topological polar surface area (TPSA) is 50.8 Å². The molecule has 1 amide bonds. The number of piperidine rings is 1. The molecule has 2 aliphatic rings. The van der Waals surface area contributed by atoms with Crippen LogP contribution >= 0.6 is 12.4 Å². The summed E-state index contributed by atoms with van der Waals surface area (Å²) in [5.74, 6) is 0.